The average molecular weight is 444 g/mol. The smallest absolute Gasteiger partial charge is 0.226 e. The lowest BCUT2D eigenvalue weighted by atomic mass is 10.3. The van der Waals surface area contributed by atoms with Gasteiger partial charge in [0, 0.05) is 44.4 Å². The van der Waals surface area contributed by atoms with Gasteiger partial charge >= 0.3 is 0 Å². The number of nitrogens with zero attached hydrogens (tertiary/aromatic N) is 4. The Morgan fingerprint density at radius 3 is 2.79 bits per heavy atom. The molecular formula is C16H25IN6O. The van der Waals surface area contributed by atoms with E-state index in [9.17, 15) is 0 Å². The summed E-state index contributed by atoms with van der Waals surface area (Å²) in [6.07, 6.45) is 4.30. The molecule has 0 aliphatic carbocycles. The Morgan fingerprint density at radius 1 is 1.25 bits per heavy atom. The molecule has 0 spiro atoms. The van der Waals surface area contributed by atoms with Gasteiger partial charge in [0.1, 0.15) is 0 Å². The molecule has 7 nitrogen and oxygen atoms in total. The molecule has 0 aliphatic rings. The highest BCUT2D eigenvalue weighted by molar-refractivity contribution is 14.0. The highest BCUT2D eigenvalue weighted by Gasteiger charge is 2.02. The Hall–Kier alpha value is -1.71. The summed E-state index contributed by atoms with van der Waals surface area (Å²) in [4.78, 5) is 13.0. The SMILES string of the molecule is CCNC(=NCCCc1nc(C)no1)NCCc1ccccn1.I. The van der Waals surface area contributed by atoms with E-state index in [2.05, 4.69) is 37.7 Å². The Kier molecular flexibility index (Phi) is 9.97. The monoisotopic (exact) mass is 444 g/mol. The highest BCUT2D eigenvalue weighted by Crippen LogP contribution is 2.00. The third-order valence-electron chi connectivity index (χ3n) is 3.13. The normalized spacial score (nSPS) is 11.0. The van der Waals surface area contributed by atoms with E-state index in [0.717, 1.165) is 44.0 Å². The summed E-state index contributed by atoms with van der Waals surface area (Å²) in [5.41, 5.74) is 1.07. The standard InChI is InChI=1S/C16H24N6O.HI/c1-3-17-16(20-12-9-14-7-4-5-10-18-14)19-11-6-8-15-21-13(2)22-23-15;/h4-5,7,10H,3,6,8-9,11-12H2,1-2H3,(H2,17,19,20);1H. The summed E-state index contributed by atoms with van der Waals surface area (Å²) >= 11 is 0. The molecule has 2 aromatic heterocycles. The van der Waals surface area contributed by atoms with Crippen molar-refractivity contribution in [3.63, 3.8) is 0 Å². The summed E-state index contributed by atoms with van der Waals surface area (Å²) in [7, 11) is 0. The van der Waals surface area contributed by atoms with Crippen molar-refractivity contribution in [2.24, 2.45) is 4.99 Å². The van der Waals surface area contributed by atoms with E-state index < -0.39 is 0 Å². The van der Waals surface area contributed by atoms with Crippen molar-refractivity contribution >= 4 is 29.9 Å². The number of halogens is 1. The minimum absolute atomic E-state index is 0. The first-order valence-electron chi connectivity index (χ1n) is 7.99. The van der Waals surface area contributed by atoms with E-state index >= 15 is 0 Å². The first kappa shape index (κ1) is 20.3. The minimum Gasteiger partial charge on any atom is -0.357 e. The molecule has 2 heterocycles. The van der Waals surface area contributed by atoms with Crippen LogP contribution >= 0.6 is 24.0 Å². The van der Waals surface area contributed by atoms with Crippen molar-refractivity contribution in [2.45, 2.75) is 33.1 Å². The maximum absolute atomic E-state index is 5.08. The van der Waals surface area contributed by atoms with Gasteiger partial charge in [-0.25, -0.2) is 0 Å². The van der Waals surface area contributed by atoms with Gasteiger partial charge in [0.2, 0.25) is 5.89 Å². The summed E-state index contributed by atoms with van der Waals surface area (Å²) in [6.45, 7) is 6.21. The molecule has 0 amide bonds. The van der Waals surface area contributed by atoms with E-state index in [4.69, 9.17) is 4.52 Å². The fraction of sp³-hybridized carbons (Fsp3) is 0.500. The molecule has 0 aliphatic heterocycles. The van der Waals surface area contributed by atoms with Crippen LogP contribution in [0, 0.1) is 6.92 Å². The maximum atomic E-state index is 5.08. The van der Waals surface area contributed by atoms with Crippen molar-refractivity contribution in [3.8, 4) is 0 Å². The van der Waals surface area contributed by atoms with E-state index in [-0.39, 0.29) is 24.0 Å². The number of pyridine rings is 1. The van der Waals surface area contributed by atoms with Crippen LogP contribution in [-0.2, 0) is 12.8 Å². The summed E-state index contributed by atoms with van der Waals surface area (Å²) in [6, 6.07) is 5.95. The van der Waals surface area contributed by atoms with E-state index in [1.54, 1.807) is 0 Å². The van der Waals surface area contributed by atoms with E-state index in [1.165, 1.54) is 0 Å². The van der Waals surface area contributed by atoms with Crippen LogP contribution in [0.2, 0.25) is 0 Å². The van der Waals surface area contributed by atoms with Gasteiger partial charge < -0.3 is 15.2 Å². The zero-order valence-electron chi connectivity index (χ0n) is 14.2. The van der Waals surface area contributed by atoms with Gasteiger partial charge in [0.15, 0.2) is 11.8 Å². The van der Waals surface area contributed by atoms with Crippen molar-refractivity contribution in [2.75, 3.05) is 19.6 Å². The van der Waals surface area contributed by atoms with Crippen molar-refractivity contribution in [1.29, 1.82) is 0 Å². The third kappa shape index (κ3) is 7.71. The zero-order chi connectivity index (χ0) is 16.3. The van der Waals surface area contributed by atoms with Crippen LogP contribution in [0.5, 0.6) is 0 Å². The van der Waals surface area contributed by atoms with Crippen molar-refractivity contribution in [1.82, 2.24) is 25.8 Å². The lowest BCUT2D eigenvalue weighted by Gasteiger charge is -2.10. The van der Waals surface area contributed by atoms with Gasteiger partial charge in [0.05, 0.1) is 0 Å². The first-order valence-corrected chi connectivity index (χ1v) is 7.99. The molecule has 0 radical (unpaired) electrons. The van der Waals surface area contributed by atoms with E-state index in [0.29, 0.717) is 18.3 Å². The average Bonchev–Trinajstić information content (AvgIpc) is 2.98. The van der Waals surface area contributed by atoms with Crippen molar-refractivity contribution < 1.29 is 4.52 Å². The second-order valence-corrected chi connectivity index (χ2v) is 5.10. The number of aliphatic imine (C=N–C) groups is 1. The quantitative estimate of drug-likeness (QED) is 0.281. The van der Waals surface area contributed by atoms with Crippen LogP contribution < -0.4 is 10.6 Å². The second-order valence-electron chi connectivity index (χ2n) is 5.10. The molecule has 24 heavy (non-hydrogen) atoms. The van der Waals surface area contributed by atoms with Crippen LogP contribution in [-0.4, -0.2) is 40.7 Å². The Morgan fingerprint density at radius 2 is 2.12 bits per heavy atom. The second kappa shape index (κ2) is 11.8. The molecule has 0 saturated carbocycles. The molecule has 8 heteroatoms. The van der Waals surface area contributed by atoms with Crippen LogP contribution in [0.3, 0.4) is 0 Å². The summed E-state index contributed by atoms with van der Waals surface area (Å²) in [5.74, 6) is 2.17. The number of aryl methyl sites for hydroxylation is 2. The van der Waals surface area contributed by atoms with Crippen LogP contribution in [0.4, 0.5) is 0 Å². The third-order valence-corrected chi connectivity index (χ3v) is 3.13. The van der Waals surface area contributed by atoms with Crippen LogP contribution in [0.1, 0.15) is 30.8 Å². The topological polar surface area (TPSA) is 88.2 Å². The number of hydrogen-bond acceptors (Lipinski definition) is 5. The molecule has 2 rings (SSSR count). The molecule has 0 fully saturated rings. The molecule has 2 aromatic rings. The lowest BCUT2D eigenvalue weighted by Crippen LogP contribution is -2.38. The van der Waals surface area contributed by atoms with Gasteiger partial charge in [0.25, 0.3) is 0 Å². The molecule has 0 atom stereocenters. The van der Waals surface area contributed by atoms with Crippen LogP contribution in [0.15, 0.2) is 33.9 Å². The number of aromatic nitrogens is 3. The van der Waals surface area contributed by atoms with Gasteiger partial charge in [-0.15, -0.1) is 24.0 Å². The zero-order valence-corrected chi connectivity index (χ0v) is 16.5. The highest BCUT2D eigenvalue weighted by atomic mass is 127. The summed E-state index contributed by atoms with van der Waals surface area (Å²) < 4.78 is 5.08. The molecule has 0 bridgehead atoms. The fourth-order valence-corrected chi connectivity index (χ4v) is 2.06. The van der Waals surface area contributed by atoms with Gasteiger partial charge in [-0.2, -0.15) is 4.98 Å². The van der Waals surface area contributed by atoms with Crippen molar-refractivity contribution in [3.05, 3.63) is 41.8 Å². The molecule has 0 unspecified atom stereocenters. The number of guanidine groups is 1. The Bertz CT molecular complexity index is 602. The largest absolute Gasteiger partial charge is 0.357 e. The Balaban J connectivity index is 0.00000288. The molecule has 0 saturated heterocycles. The van der Waals surface area contributed by atoms with E-state index in [1.807, 2.05) is 31.3 Å². The fourth-order valence-electron chi connectivity index (χ4n) is 2.06. The number of rotatable bonds is 8. The number of nitrogens with one attached hydrogen (secondary N) is 2. The van der Waals surface area contributed by atoms with Gasteiger partial charge in [-0.05, 0) is 32.4 Å². The molecule has 132 valence electrons. The Labute approximate surface area is 159 Å². The molecular weight excluding hydrogens is 419 g/mol. The lowest BCUT2D eigenvalue weighted by molar-refractivity contribution is 0.372. The van der Waals surface area contributed by atoms with Gasteiger partial charge in [-0.1, -0.05) is 11.2 Å². The van der Waals surface area contributed by atoms with Gasteiger partial charge in [-0.3, -0.25) is 9.98 Å². The maximum Gasteiger partial charge on any atom is 0.226 e. The number of hydrogen-bond donors (Lipinski definition) is 2. The first-order chi connectivity index (χ1) is 11.3. The van der Waals surface area contributed by atoms with Crippen LogP contribution in [0.25, 0.3) is 0 Å². The predicted molar refractivity (Wildman–Crippen MR) is 105 cm³/mol. The minimum atomic E-state index is 0. The predicted octanol–water partition coefficient (Wildman–Crippen LogP) is 2.12. The molecule has 2 N–H and O–H groups in total. The summed E-state index contributed by atoms with van der Waals surface area (Å²) in [5, 5.41) is 10.3. The molecule has 0 aromatic carbocycles.